The first-order chi connectivity index (χ1) is 8.65. The van der Waals surface area contributed by atoms with Crippen molar-refractivity contribution in [3.63, 3.8) is 0 Å². The lowest BCUT2D eigenvalue weighted by atomic mass is 10.2. The highest BCUT2D eigenvalue weighted by molar-refractivity contribution is 5.44. The van der Waals surface area contributed by atoms with Crippen LogP contribution in [0, 0.1) is 0 Å². The van der Waals surface area contributed by atoms with Crippen LogP contribution in [0.4, 0.5) is 5.69 Å². The molecule has 0 bridgehead atoms. The Bertz CT molecular complexity index is 359. The third-order valence-corrected chi connectivity index (χ3v) is 3.67. The van der Waals surface area contributed by atoms with E-state index in [2.05, 4.69) is 60.5 Å². The topological polar surface area (TPSA) is 18.5 Å². The van der Waals surface area contributed by atoms with Gasteiger partial charge in [-0.05, 0) is 58.2 Å². The molecular formula is C15H25N3. The fourth-order valence-electron chi connectivity index (χ4n) is 2.57. The third-order valence-electron chi connectivity index (χ3n) is 3.67. The van der Waals surface area contributed by atoms with Crippen molar-refractivity contribution in [3.05, 3.63) is 29.8 Å². The molecule has 1 fully saturated rings. The van der Waals surface area contributed by atoms with E-state index in [1.807, 2.05) is 0 Å². The van der Waals surface area contributed by atoms with Crippen LogP contribution >= 0.6 is 0 Å². The number of nitrogens with zero attached hydrogens (tertiary/aromatic N) is 2. The molecule has 3 heteroatoms. The van der Waals surface area contributed by atoms with Gasteiger partial charge in [0.2, 0.25) is 0 Å². The van der Waals surface area contributed by atoms with Crippen LogP contribution < -0.4 is 5.32 Å². The predicted molar refractivity (Wildman–Crippen MR) is 78.0 cm³/mol. The SMILES string of the molecule is CN(C)Cc1ccc(NCC2CCCN2C)cc1. The molecule has 2 rings (SSSR count). The van der Waals surface area contributed by atoms with Crippen molar-refractivity contribution in [1.29, 1.82) is 0 Å². The number of hydrogen-bond donors (Lipinski definition) is 1. The Kier molecular flexibility index (Phi) is 4.61. The highest BCUT2D eigenvalue weighted by Crippen LogP contribution is 2.16. The average Bonchev–Trinajstić information content (AvgIpc) is 2.73. The molecular weight excluding hydrogens is 222 g/mol. The highest BCUT2D eigenvalue weighted by atomic mass is 15.2. The summed E-state index contributed by atoms with van der Waals surface area (Å²) in [6.07, 6.45) is 2.66. The summed E-state index contributed by atoms with van der Waals surface area (Å²) < 4.78 is 0. The van der Waals surface area contributed by atoms with E-state index < -0.39 is 0 Å². The van der Waals surface area contributed by atoms with Crippen LogP contribution in [0.15, 0.2) is 24.3 Å². The lowest BCUT2D eigenvalue weighted by Crippen LogP contribution is -2.31. The predicted octanol–water partition coefficient (Wildman–Crippen LogP) is 2.25. The molecule has 1 unspecified atom stereocenters. The fourth-order valence-corrected chi connectivity index (χ4v) is 2.57. The molecule has 0 aromatic heterocycles. The summed E-state index contributed by atoms with van der Waals surface area (Å²) >= 11 is 0. The molecule has 0 spiro atoms. The van der Waals surface area contributed by atoms with Crippen molar-refractivity contribution >= 4 is 5.69 Å². The number of rotatable bonds is 5. The van der Waals surface area contributed by atoms with Gasteiger partial charge < -0.3 is 15.1 Å². The normalized spacial score (nSPS) is 20.6. The van der Waals surface area contributed by atoms with E-state index in [1.165, 1.54) is 30.6 Å². The van der Waals surface area contributed by atoms with Gasteiger partial charge in [-0.1, -0.05) is 12.1 Å². The van der Waals surface area contributed by atoms with Gasteiger partial charge in [0.1, 0.15) is 0 Å². The Hall–Kier alpha value is -1.06. The minimum absolute atomic E-state index is 0.700. The monoisotopic (exact) mass is 247 g/mol. The van der Waals surface area contributed by atoms with Crippen LogP contribution in [-0.2, 0) is 6.54 Å². The molecule has 1 saturated heterocycles. The molecule has 1 atom stereocenters. The first-order valence-corrected chi connectivity index (χ1v) is 6.83. The maximum absolute atomic E-state index is 3.54. The average molecular weight is 247 g/mol. The summed E-state index contributed by atoms with van der Waals surface area (Å²) in [6.45, 7) is 3.31. The van der Waals surface area contributed by atoms with Gasteiger partial charge in [-0.2, -0.15) is 0 Å². The molecule has 1 aromatic carbocycles. The van der Waals surface area contributed by atoms with Crippen LogP contribution in [-0.4, -0.2) is 50.1 Å². The van der Waals surface area contributed by atoms with Gasteiger partial charge in [0.25, 0.3) is 0 Å². The van der Waals surface area contributed by atoms with Crippen molar-refractivity contribution < 1.29 is 0 Å². The molecule has 18 heavy (non-hydrogen) atoms. The maximum Gasteiger partial charge on any atom is 0.0340 e. The van der Waals surface area contributed by atoms with Gasteiger partial charge in [0.05, 0.1) is 0 Å². The molecule has 1 aliphatic rings. The Balaban J connectivity index is 1.82. The molecule has 0 saturated carbocycles. The summed E-state index contributed by atoms with van der Waals surface area (Å²) in [6, 6.07) is 9.50. The van der Waals surface area contributed by atoms with E-state index in [0.29, 0.717) is 6.04 Å². The second-order valence-corrected chi connectivity index (χ2v) is 5.59. The fraction of sp³-hybridized carbons (Fsp3) is 0.600. The number of likely N-dealkylation sites (tertiary alicyclic amines) is 1. The molecule has 0 aliphatic carbocycles. The van der Waals surface area contributed by atoms with E-state index in [4.69, 9.17) is 0 Å². The van der Waals surface area contributed by atoms with Crippen LogP contribution in [0.2, 0.25) is 0 Å². The van der Waals surface area contributed by atoms with Crippen molar-refractivity contribution in [2.24, 2.45) is 0 Å². The zero-order chi connectivity index (χ0) is 13.0. The number of benzene rings is 1. The number of hydrogen-bond acceptors (Lipinski definition) is 3. The first-order valence-electron chi connectivity index (χ1n) is 6.83. The Morgan fingerprint density at radius 3 is 2.56 bits per heavy atom. The van der Waals surface area contributed by atoms with E-state index in [9.17, 15) is 0 Å². The Morgan fingerprint density at radius 1 is 1.28 bits per heavy atom. The molecule has 3 nitrogen and oxygen atoms in total. The Morgan fingerprint density at radius 2 is 2.00 bits per heavy atom. The summed E-state index contributed by atoms with van der Waals surface area (Å²) in [7, 11) is 6.42. The van der Waals surface area contributed by atoms with Crippen molar-refractivity contribution in [1.82, 2.24) is 9.80 Å². The quantitative estimate of drug-likeness (QED) is 0.861. The zero-order valence-corrected chi connectivity index (χ0v) is 11.8. The van der Waals surface area contributed by atoms with Gasteiger partial charge in [0.15, 0.2) is 0 Å². The van der Waals surface area contributed by atoms with E-state index in [1.54, 1.807) is 0 Å². The van der Waals surface area contributed by atoms with Gasteiger partial charge in [-0.25, -0.2) is 0 Å². The Labute approximate surface area is 111 Å². The van der Waals surface area contributed by atoms with Crippen LogP contribution in [0.1, 0.15) is 18.4 Å². The number of anilines is 1. The lowest BCUT2D eigenvalue weighted by Gasteiger charge is -2.20. The molecule has 1 heterocycles. The maximum atomic E-state index is 3.54. The number of likely N-dealkylation sites (N-methyl/N-ethyl adjacent to an activating group) is 1. The highest BCUT2D eigenvalue weighted by Gasteiger charge is 2.19. The second-order valence-electron chi connectivity index (χ2n) is 5.59. The molecule has 1 aliphatic heterocycles. The van der Waals surface area contributed by atoms with Crippen molar-refractivity contribution in [2.45, 2.75) is 25.4 Å². The van der Waals surface area contributed by atoms with E-state index in [0.717, 1.165) is 13.1 Å². The van der Waals surface area contributed by atoms with Gasteiger partial charge in [-0.3, -0.25) is 0 Å². The van der Waals surface area contributed by atoms with Crippen LogP contribution in [0.3, 0.4) is 0 Å². The summed E-state index contributed by atoms with van der Waals surface area (Å²) in [5, 5.41) is 3.54. The minimum Gasteiger partial charge on any atom is -0.383 e. The summed E-state index contributed by atoms with van der Waals surface area (Å²) in [5.74, 6) is 0. The van der Waals surface area contributed by atoms with Gasteiger partial charge >= 0.3 is 0 Å². The largest absolute Gasteiger partial charge is 0.383 e. The number of nitrogens with one attached hydrogen (secondary N) is 1. The summed E-state index contributed by atoms with van der Waals surface area (Å²) in [4.78, 5) is 4.64. The molecule has 100 valence electrons. The van der Waals surface area contributed by atoms with Gasteiger partial charge in [0, 0.05) is 24.8 Å². The van der Waals surface area contributed by atoms with Crippen molar-refractivity contribution in [2.75, 3.05) is 39.5 Å². The van der Waals surface area contributed by atoms with E-state index in [-0.39, 0.29) is 0 Å². The molecule has 0 amide bonds. The zero-order valence-electron chi connectivity index (χ0n) is 11.8. The summed E-state index contributed by atoms with van der Waals surface area (Å²) in [5.41, 5.74) is 2.60. The molecule has 1 aromatic rings. The van der Waals surface area contributed by atoms with Crippen LogP contribution in [0.5, 0.6) is 0 Å². The van der Waals surface area contributed by atoms with E-state index >= 15 is 0 Å². The molecule has 1 N–H and O–H groups in total. The smallest absolute Gasteiger partial charge is 0.0340 e. The van der Waals surface area contributed by atoms with Crippen molar-refractivity contribution in [3.8, 4) is 0 Å². The second kappa shape index (κ2) is 6.21. The third kappa shape index (κ3) is 3.72. The van der Waals surface area contributed by atoms with Gasteiger partial charge in [-0.15, -0.1) is 0 Å². The van der Waals surface area contributed by atoms with Crippen LogP contribution in [0.25, 0.3) is 0 Å². The minimum atomic E-state index is 0.700. The molecule has 0 radical (unpaired) electrons. The lowest BCUT2D eigenvalue weighted by molar-refractivity contribution is 0.322. The first kappa shape index (κ1) is 13.4. The standard InChI is InChI=1S/C15H25N3/c1-17(2)12-13-6-8-14(9-7-13)16-11-15-5-4-10-18(15)3/h6-9,15-16H,4-5,10-12H2,1-3H3.